The summed E-state index contributed by atoms with van der Waals surface area (Å²) in [4.78, 5) is 5.29. The van der Waals surface area contributed by atoms with Crippen molar-refractivity contribution in [2.45, 2.75) is 87.3 Å². The van der Waals surface area contributed by atoms with Crippen molar-refractivity contribution in [3.63, 3.8) is 0 Å². The van der Waals surface area contributed by atoms with Crippen LogP contribution in [0.5, 0.6) is 0 Å². The molecule has 312 valence electrons. The number of thioether (sulfide) groups is 2. The summed E-state index contributed by atoms with van der Waals surface area (Å²) in [7, 11) is -3.83. The molecule has 6 nitrogen and oxygen atoms in total. The van der Waals surface area contributed by atoms with E-state index in [0.29, 0.717) is 22.9 Å². The Labute approximate surface area is 361 Å². The number of rotatable bonds is 23. The lowest BCUT2D eigenvalue weighted by molar-refractivity contribution is 0.444. The fourth-order valence-electron chi connectivity index (χ4n) is 7.74. The van der Waals surface area contributed by atoms with Gasteiger partial charge in [0.2, 0.25) is 15.4 Å². The second-order valence-electron chi connectivity index (χ2n) is 15.2. The summed E-state index contributed by atoms with van der Waals surface area (Å²) in [5.41, 5.74) is 4.29. The van der Waals surface area contributed by atoms with Crippen LogP contribution in [0.25, 0.3) is 33.4 Å². The fraction of sp³-hybridized carbons (Fsp3) is 0.380. The van der Waals surface area contributed by atoms with Crippen LogP contribution in [-0.4, -0.2) is 52.6 Å². The first-order valence-corrected chi connectivity index (χ1v) is 25.1. The molecule has 59 heavy (non-hydrogen) atoms. The van der Waals surface area contributed by atoms with Crippen molar-refractivity contribution in [1.82, 2.24) is 9.30 Å². The number of fused-ring (bicyclic) bond motifs is 2. The van der Waals surface area contributed by atoms with Gasteiger partial charge in [0.1, 0.15) is 24.4 Å². The lowest BCUT2D eigenvalue weighted by Crippen LogP contribution is -2.32. The summed E-state index contributed by atoms with van der Waals surface area (Å²) in [6.45, 7) is 12.8. The second-order valence-corrected chi connectivity index (χ2v) is 19.3. The third-order valence-electron chi connectivity index (χ3n) is 11.0. The van der Waals surface area contributed by atoms with E-state index in [-0.39, 0.29) is 0 Å². The van der Waals surface area contributed by atoms with Gasteiger partial charge in [0.25, 0.3) is 0 Å². The number of nitrogens with one attached hydrogen (secondary N) is 1. The van der Waals surface area contributed by atoms with E-state index >= 15 is 0 Å². The van der Waals surface area contributed by atoms with Crippen LogP contribution in [0.2, 0.25) is 0 Å². The van der Waals surface area contributed by atoms with Gasteiger partial charge in [-0.25, -0.2) is 17.7 Å². The zero-order valence-electron chi connectivity index (χ0n) is 35.4. The molecular weight excluding hydrogens is 787 g/mol. The van der Waals surface area contributed by atoms with Gasteiger partial charge in [0.05, 0.1) is 11.0 Å². The molecule has 0 bridgehead atoms. The van der Waals surface area contributed by atoms with Crippen LogP contribution < -0.4 is 19.6 Å². The summed E-state index contributed by atoms with van der Waals surface area (Å²) < 4.78 is 40.9. The average Bonchev–Trinajstić information content (AvgIpc) is 3.27. The van der Waals surface area contributed by atoms with Gasteiger partial charge in [0, 0.05) is 87.9 Å². The predicted octanol–water partition coefficient (Wildman–Crippen LogP) is 12.1. The number of unbranched alkanes of at least 4 members (excludes halogenated alkanes) is 1. The van der Waals surface area contributed by atoms with Crippen LogP contribution in [0.3, 0.4) is 0 Å². The van der Waals surface area contributed by atoms with E-state index < -0.39 is 10.0 Å². The second kappa shape index (κ2) is 22.5. The summed E-state index contributed by atoms with van der Waals surface area (Å²) in [5, 5.41) is 2.01. The van der Waals surface area contributed by atoms with Crippen LogP contribution in [-0.2, 0) is 10.0 Å². The monoisotopic (exact) mass is 848 g/mol. The number of hydrogen-bond acceptors (Lipinski definition) is 6. The van der Waals surface area contributed by atoms with E-state index in [4.69, 9.17) is 4.42 Å². The highest BCUT2D eigenvalue weighted by Crippen LogP contribution is 2.43. The Hall–Kier alpha value is -4.02. The van der Waals surface area contributed by atoms with Crippen LogP contribution in [0.1, 0.15) is 72.6 Å². The molecule has 0 saturated carbocycles. The van der Waals surface area contributed by atoms with Crippen LogP contribution >= 0.6 is 23.5 Å². The van der Waals surface area contributed by atoms with Gasteiger partial charge in [0.15, 0.2) is 0 Å². The normalized spacial score (nSPS) is 12.9. The number of sulfonamides is 1. The molecular formula is C50H62N3O3S3+. The van der Waals surface area contributed by atoms with Crippen molar-refractivity contribution in [2.24, 2.45) is 5.92 Å². The Morgan fingerprint density at radius 2 is 1.41 bits per heavy atom. The lowest BCUT2D eigenvalue weighted by atomic mass is 9.93. The van der Waals surface area contributed by atoms with Crippen LogP contribution in [0, 0.1) is 5.92 Å². The number of anilines is 1. The zero-order valence-corrected chi connectivity index (χ0v) is 37.8. The smallest absolute Gasteiger partial charge is 0.241 e. The van der Waals surface area contributed by atoms with Crippen LogP contribution in [0.4, 0.5) is 5.69 Å². The van der Waals surface area contributed by atoms with Gasteiger partial charge >= 0.3 is 0 Å². The third-order valence-corrected chi connectivity index (χ3v) is 14.7. The predicted molar refractivity (Wildman–Crippen MR) is 254 cm³/mol. The standard InChI is InChI=1S/C50H62N3O3S3/c1-5-9-20-39(7-3)38-51-59(54,55)49-26-17-16-25-46(49)50-44-29-27-40(52(8-4)32-18-34-57-42-21-12-10-13-22-42)36-47(44)56-48-37-41(28-30-45(48)50)53(31-6-2)33-19-35-58-43-23-14-11-15-24-43/h10-17,21-30,36-37,39,51H,5-9,18-20,31-35,38H2,1-4H3/q+1. The van der Waals surface area contributed by atoms with Gasteiger partial charge in [-0.2, -0.15) is 0 Å². The molecule has 0 amide bonds. The highest BCUT2D eigenvalue weighted by atomic mass is 32.2. The van der Waals surface area contributed by atoms with E-state index in [0.717, 1.165) is 122 Å². The molecule has 1 atom stereocenters. The molecule has 4 aromatic carbocycles. The first kappa shape index (κ1) is 44.5. The fourth-order valence-corrected chi connectivity index (χ4v) is 10.8. The van der Waals surface area contributed by atoms with Crippen molar-refractivity contribution in [1.29, 1.82) is 0 Å². The molecule has 4 aromatic rings. The molecule has 1 unspecified atom stereocenters. The van der Waals surface area contributed by atoms with E-state index in [1.165, 1.54) is 9.79 Å². The maximum Gasteiger partial charge on any atom is 0.241 e. The summed E-state index contributed by atoms with van der Waals surface area (Å²) in [6, 6.07) is 41.6. The molecule has 0 saturated heterocycles. The summed E-state index contributed by atoms with van der Waals surface area (Å²) in [6.07, 6.45) is 7.26. The minimum atomic E-state index is -3.83. The molecule has 2 aliphatic rings. The minimum Gasteiger partial charge on any atom is -0.456 e. The van der Waals surface area contributed by atoms with E-state index in [2.05, 4.69) is 139 Å². The quantitative estimate of drug-likeness (QED) is 0.0300. The molecule has 1 aliphatic carbocycles. The SMILES string of the molecule is CCCCC(CC)CNS(=O)(=O)c1ccccc1-c1c2ccc(=[N+](CCC)CCCSc3ccccc3)cc-2oc2cc(N(CC)CCCSc3ccccc3)ccc12. The summed E-state index contributed by atoms with van der Waals surface area (Å²) >= 11 is 3.79. The Morgan fingerprint density at radius 3 is 2.08 bits per heavy atom. The molecule has 9 heteroatoms. The molecule has 0 aromatic heterocycles. The van der Waals surface area contributed by atoms with Crippen LogP contribution in [0.15, 0.2) is 140 Å². The van der Waals surface area contributed by atoms with Crippen molar-refractivity contribution in [3.05, 3.63) is 127 Å². The first-order valence-electron chi connectivity index (χ1n) is 21.6. The Balaban J connectivity index is 1.40. The maximum absolute atomic E-state index is 14.3. The number of hydrogen-bond donors (Lipinski definition) is 1. The molecule has 0 fully saturated rings. The lowest BCUT2D eigenvalue weighted by Gasteiger charge is -2.24. The molecule has 0 radical (unpaired) electrons. The van der Waals surface area contributed by atoms with Gasteiger partial charge in [-0.05, 0) is 80.0 Å². The highest BCUT2D eigenvalue weighted by molar-refractivity contribution is 7.99. The largest absolute Gasteiger partial charge is 0.456 e. The van der Waals surface area contributed by atoms with Gasteiger partial charge in [-0.15, -0.1) is 23.5 Å². The van der Waals surface area contributed by atoms with Crippen molar-refractivity contribution < 1.29 is 12.8 Å². The minimum absolute atomic E-state index is 0.293. The van der Waals surface area contributed by atoms with Crippen molar-refractivity contribution in [2.75, 3.05) is 49.1 Å². The highest BCUT2D eigenvalue weighted by Gasteiger charge is 2.26. The number of nitrogens with zero attached hydrogens (tertiary/aromatic N) is 2. The molecule has 0 spiro atoms. The van der Waals surface area contributed by atoms with Crippen molar-refractivity contribution >= 4 is 50.2 Å². The first-order chi connectivity index (χ1) is 28.8. The van der Waals surface area contributed by atoms with Gasteiger partial charge in [-0.1, -0.05) is 94.6 Å². The average molecular weight is 849 g/mol. The van der Waals surface area contributed by atoms with E-state index in [1.807, 2.05) is 41.7 Å². The molecule has 1 heterocycles. The third kappa shape index (κ3) is 12.1. The van der Waals surface area contributed by atoms with Crippen molar-refractivity contribution in [3.8, 4) is 22.5 Å². The van der Waals surface area contributed by atoms with E-state index in [1.54, 1.807) is 6.07 Å². The molecule has 6 rings (SSSR count). The topological polar surface area (TPSA) is 65.6 Å². The maximum atomic E-state index is 14.3. The zero-order chi connectivity index (χ0) is 41.5. The molecule has 1 N–H and O–H groups in total. The number of benzene rings is 5. The van der Waals surface area contributed by atoms with Gasteiger partial charge < -0.3 is 9.32 Å². The summed E-state index contributed by atoms with van der Waals surface area (Å²) in [5.74, 6) is 3.11. The Morgan fingerprint density at radius 1 is 0.712 bits per heavy atom. The van der Waals surface area contributed by atoms with Gasteiger partial charge in [-0.3, -0.25) is 0 Å². The Bertz CT molecular complexity index is 2360. The Kier molecular flexibility index (Phi) is 17.0. The van der Waals surface area contributed by atoms with E-state index in [9.17, 15) is 8.42 Å². The molecule has 1 aliphatic heterocycles.